The largest absolute Gasteiger partial charge is 0.453 e. The Morgan fingerprint density at radius 3 is 1.94 bits per heavy atom. The first-order valence-electron chi connectivity index (χ1n) is 10.8. The Bertz CT molecular complexity index is 1360. The minimum atomic E-state index is -0.0729. The van der Waals surface area contributed by atoms with E-state index in [1.165, 1.54) is 5.56 Å². The number of fused-ring (bicyclic) bond motifs is 4. The van der Waals surface area contributed by atoms with Gasteiger partial charge in [-0.1, -0.05) is 53.7 Å². The van der Waals surface area contributed by atoms with Crippen molar-refractivity contribution in [2.24, 2.45) is 9.98 Å². The van der Waals surface area contributed by atoms with Gasteiger partial charge in [-0.3, -0.25) is 0 Å². The third-order valence-corrected chi connectivity index (χ3v) is 5.81. The van der Waals surface area contributed by atoms with Crippen LogP contribution in [0.2, 0.25) is 0 Å². The van der Waals surface area contributed by atoms with Gasteiger partial charge < -0.3 is 9.47 Å². The van der Waals surface area contributed by atoms with Crippen molar-refractivity contribution in [2.45, 2.75) is 59.3 Å². The van der Waals surface area contributed by atoms with Gasteiger partial charge in [0.15, 0.2) is 23.0 Å². The van der Waals surface area contributed by atoms with Crippen LogP contribution in [0.5, 0.6) is 23.0 Å². The normalized spacial score (nSPS) is 14.0. The molecule has 0 fully saturated rings. The Kier molecular flexibility index (Phi) is 4.11. The summed E-state index contributed by atoms with van der Waals surface area (Å²) >= 11 is 0. The molecule has 0 atom stereocenters. The third kappa shape index (κ3) is 3.40. The zero-order valence-corrected chi connectivity index (χ0v) is 19.3. The molecule has 2 aliphatic rings. The lowest BCUT2D eigenvalue weighted by Crippen LogP contribution is -2.22. The molecule has 4 heteroatoms. The fourth-order valence-corrected chi connectivity index (χ4v) is 3.96. The van der Waals surface area contributed by atoms with Gasteiger partial charge >= 0.3 is 0 Å². The van der Waals surface area contributed by atoms with Gasteiger partial charge in [0.1, 0.15) is 22.1 Å². The van der Waals surface area contributed by atoms with E-state index in [1.807, 2.05) is 30.3 Å². The Labute approximate surface area is 183 Å². The molecule has 0 unspecified atom stereocenters. The summed E-state index contributed by atoms with van der Waals surface area (Å²) in [5, 5.41) is 1.53. The fourth-order valence-electron chi connectivity index (χ4n) is 3.96. The first-order valence-corrected chi connectivity index (χ1v) is 10.8. The fraction of sp³-hybridized carbons (Fsp3) is 0.333. The maximum atomic E-state index is 6.47. The lowest BCUT2D eigenvalue weighted by molar-refractivity contribution is 0.435. The number of nitrogens with zero attached hydrogens (tertiary/aromatic N) is 2. The Morgan fingerprint density at radius 1 is 0.645 bits per heavy atom. The number of aryl methyl sites for hydroxylation is 1. The number of rotatable bonds is 0. The monoisotopic (exact) mass is 412 g/mol. The summed E-state index contributed by atoms with van der Waals surface area (Å²) in [6.07, 6.45) is 0. The zero-order valence-electron chi connectivity index (χ0n) is 19.3. The molecule has 0 radical (unpaired) electrons. The van der Waals surface area contributed by atoms with Crippen LogP contribution in [0.25, 0.3) is 0 Å². The lowest BCUT2D eigenvalue weighted by atomic mass is 9.79. The zero-order chi connectivity index (χ0) is 22.1. The second-order valence-electron chi connectivity index (χ2n) is 10.6. The smallest absolute Gasteiger partial charge is 0.156 e. The predicted molar refractivity (Wildman–Crippen MR) is 123 cm³/mol. The summed E-state index contributed by atoms with van der Waals surface area (Å²) < 4.78 is 12.6. The molecule has 0 N–H and O–H groups in total. The van der Waals surface area contributed by atoms with Gasteiger partial charge in [-0.15, -0.1) is 0 Å². The van der Waals surface area contributed by atoms with E-state index in [0.717, 1.165) is 44.7 Å². The van der Waals surface area contributed by atoms with Crippen molar-refractivity contribution in [3.05, 3.63) is 69.9 Å². The quantitative estimate of drug-likeness (QED) is 0.284. The molecular formula is C27H28N2O2. The van der Waals surface area contributed by atoms with Gasteiger partial charge in [0, 0.05) is 17.7 Å². The van der Waals surface area contributed by atoms with E-state index in [9.17, 15) is 0 Å². The maximum absolute atomic E-state index is 6.47. The summed E-state index contributed by atoms with van der Waals surface area (Å²) in [7, 11) is 0. The molecule has 0 saturated carbocycles. The Morgan fingerprint density at radius 2 is 1.29 bits per heavy atom. The van der Waals surface area contributed by atoms with Crippen LogP contribution in [0.15, 0.2) is 52.4 Å². The molecule has 0 amide bonds. The Balaban J connectivity index is 1.72. The van der Waals surface area contributed by atoms with Crippen LogP contribution >= 0.6 is 0 Å². The van der Waals surface area contributed by atoms with Crippen molar-refractivity contribution in [1.29, 1.82) is 0 Å². The number of ether oxygens (including phenoxy) is 2. The predicted octanol–water partition coefficient (Wildman–Crippen LogP) is 6.70. The molecule has 31 heavy (non-hydrogen) atoms. The molecule has 3 aromatic carbocycles. The molecule has 0 bridgehead atoms. The van der Waals surface area contributed by atoms with Crippen molar-refractivity contribution >= 4 is 11.4 Å². The van der Waals surface area contributed by atoms with Gasteiger partial charge in [-0.25, -0.2) is 9.98 Å². The molecule has 5 rings (SSSR count). The van der Waals surface area contributed by atoms with E-state index < -0.39 is 0 Å². The van der Waals surface area contributed by atoms with E-state index in [4.69, 9.17) is 19.5 Å². The average Bonchev–Trinajstić information content (AvgIpc) is 2.67. The van der Waals surface area contributed by atoms with E-state index in [2.05, 4.69) is 60.6 Å². The first kappa shape index (κ1) is 19.8. The van der Waals surface area contributed by atoms with Gasteiger partial charge in [0.25, 0.3) is 0 Å². The highest BCUT2D eigenvalue weighted by atomic mass is 16.5. The second kappa shape index (κ2) is 6.43. The molecule has 0 saturated heterocycles. The van der Waals surface area contributed by atoms with Crippen LogP contribution in [-0.4, -0.2) is 0 Å². The van der Waals surface area contributed by atoms with Crippen LogP contribution in [0.4, 0.5) is 11.4 Å². The molecule has 2 aliphatic heterocycles. The molecule has 4 nitrogen and oxygen atoms in total. The topological polar surface area (TPSA) is 43.2 Å². The minimum Gasteiger partial charge on any atom is -0.453 e. The molecule has 0 aromatic heterocycles. The van der Waals surface area contributed by atoms with Crippen molar-refractivity contribution < 1.29 is 9.47 Å². The highest BCUT2D eigenvalue weighted by molar-refractivity contribution is 5.65. The molecule has 2 heterocycles. The van der Waals surface area contributed by atoms with Gasteiger partial charge in [-0.2, -0.15) is 0 Å². The van der Waals surface area contributed by atoms with Crippen molar-refractivity contribution in [3.63, 3.8) is 0 Å². The summed E-state index contributed by atoms with van der Waals surface area (Å²) in [4.78, 5) is 9.79. The van der Waals surface area contributed by atoms with Gasteiger partial charge in [0.2, 0.25) is 0 Å². The van der Waals surface area contributed by atoms with E-state index in [-0.39, 0.29) is 10.8 Å². The number of hydrogen-bond donors (Lipinski definition) is 0. The minimum absolute atomic E-state index is 0.0184. The van der Waals surface area contributed by atoms with Crippen LogP contribution in [0.3, 0.4) is 0 Å². The van der Waals surface area contributed by atoms with Crippen molar-refractivity contribution in [1.82, 2.24) is 0 Å². The number of benzene rings is 3. The van der Waals surface area contributed by atoms with Crippen molar-refractivity contribution in [2.75, 3.05) is 0 Å². The van der Waals surface area contributed by atoms with Gasteiger partial charge in [0.05, 0.1) is 0 Å². The van der Waals surface area contributed by atoms with E-state index >= 15 is 0 Å². The van der Waals surface area contributed by atoms with Crippen LogP contribution in [-0.2, 0) is 10.8 Å². The van der Waals surface area contributed by atoms with E-state index in [0.29, 0.717) is 11.5 Å². The SMILES string of the molecule is Cc1ccc2c(c1)N=c1cc3c(cc1O2)=Nc1cc(C(C)(C)C)cc(C(C)(C)C)c1O3. The number of hydrogen-bond acceptors (Lipinski definition) is 4. The van der Waals surface area contributed by atoms with E-state index in [1.54, 1.807) is 0 Å². The molecule has 158 valence electrons. The molecule has 0 aliphatic carbocycles. The second-order valence-corrected chi connectivity index (χ2v) is 10.6. The lowest BCUT2D eigenvalue weighted by Gasteiger charge is -2.29. The first-order chi connectivity index (χ1) is 14.5. The molecular weight excluding hydrogens is 384 g/mol. The van der Waals surface area contributed by atoms with Gasteiger partial charge in [-0.05, 0) is 47.1 Å². The Hall–Kier alpha value is -3.14. The highest BCUT2D eigenvalue weighted by Gasteiger charge is 2.28. The molecule has 3 aromatic rings. The van der Waals surface area contributed by atoms with Crippen LogP contribution < -0.4 is 20.2 Å². The summed E-state index contributed by atoms with van der Waals surface area (Å²) in [5.74, 6) is 3.01. The highest BCUT2D eigenvalue weighted by Crippen LogP contribution is 2.45. The summed E-state index contributed by atoms with van der Waals surface area (Å²) in [6, 6.07) is 14.3. The summed E-state index contributed by atoms with van der Waals surface area (Å²) in [5.41, 5.74) is 5.22. The third-order valence-electron chi connectivity index (χ3n) is 5.81. The van der Waals surface area contributed by atoms with Crippen molar-refractivity contribution in [3.8, 4) is 23.0 Å². The standard InChI is InChI=1S/C27H28N2O2/c1-15-8-9-22-18(10-15)28-19-14-24-20(13-23(19)30-22)29-21-12-16(26(2,3)4)11-17(25(21)31-24)27(5,6)7/h8-14H,1-7H3. The maximum Gasteiger partial charge on any atom is 0.156 e. The van der Waals surface area contributed by atoms with Crippen LogP contribution in [0.1, 0.15) is 58.2 Å². The average molecular weight is 413 g/mol. The van der Waals surface area contributed by atoms with Crippen LogP contribution in [0, 0.1) is 6.92 Å². The summed E-state index contributed by atoms with van der Waals surface area (Å²) in [6.45, 7) is 15.4. The molecule has 0 spiro atoms.